The van der Waals surface area contributed by atoms with Crippen molar-refractivity contribution < 1.29 is 9.18 Å². The molecule has 2 heterocycles. The number of anilines is 1. The number of carbonyl (C=O) groups excluding carboxylic acids is 1. The van der Waals surface area contributed by atoms with E-state index >= 15 is 0 Å². The topological polar surface area (TPSA) is 72.7 Å². The molecule has 6 nitrogen and oxygen atoms in total. The third-order valence-corrected chi connectivity index (χ3v) is 6.33. The Morgan fingerprint density at radius 3 is 2.73 bits per heavy atom. The monoisotopic (exact) mass is 445 g/mol. The van der Waals surface area contributed by atoms with Crippen molar-refractivity contribution in [1.82, 2.24) is 19.7 Å². The second-order valence-electron chi connectivity index (χ2n) is 7.13. The Hall–Kier alpha value is -2.45. The Labute approximate surface area is 183 Å². The van der Waals surface area contributed by atoms with Crippen molar-refractivity contribution in [1.29, 1.82) is 0 Å². The van der Waals surface area contributed by atoms with E-state index in [9.17, 15) is 9.18 Å². The average molecular weight is 446 g/mol. The molecule has 1 N–H and O–H groups in total. The summed E-state index contributed by atoms with van der Waals surface area (Å²) in [6.45, 7) is 0. The summed E-state index contributed by atoms with van der Waals surface area (Å²) in [5.41, 5.74) is 0.888. The first kappa shape index (κ1) is 20.8. The van der Waals surface area contributed by atoms with Crippen LogP contribution >= 0.6 is 23.4 Å². The lowest BCUT2D eigenvalue weighted by Gasteiger charge is -2.25. The largest absolute Gasteiger partial charge is 0.323 e. The van der Waals surface area contributed by atoms with Crippen LogP contribution in [0.3, 0.4) is 0 Å². The first-order chi connectivity index (χ1) is 14.6. The predicted molar refractivity (Wildman–Crippen MR) is 116 cm³/mol. The number of rotatable bonds is 6. The van der Waals surface area contributed by atoms with Crippen LogP contribution in [-0.2, 0) is 4.79 Å². The second kappa shape index (κ2) is 9.57. The van der Waals surface area contributed by atoms with Crippen LogP contribution in [0.4, 0.5) is 10.1 Å². The number of halogens is 2. The molecule has 30 heavy (non-hydrogen) atoms. The Morgan fingerprint density at radius 2 is 1.97 bits per heavy atom. The van der Waals surface area contributed by atoms with Gasteiger partial charge in [-0.2, -0.15) is 0 Å². The fraction of sp³-hybridized carbons (Fsp3) is 0.333. The quantitative estimate of drug-likeness (QED) is 0.408. The fourth-order valence-electron chi connectivity index (χ4n) is 3.67. The molecule has 0 radical (unpaired) electrons. The summed E-state index contributed by atoms with van der Waals surface area (Å²) in [6, 6.07) is 10.2. The number of nitrogens with zero attached hydrogens (tertiary/aromatic N) is 4. The Kier molecular flexibility index (Phi) is 6.64. The van der Waals surface area contributed by atoms with Gasteiger partial charge in [-0.1, -0.05) is 54.8 Å². The van der Waals surface area contributed by atoms with Gasteiger partial charge in [0.05, 0.1) is 17.0 Å². The lowest BCUT2D eigenvalue weighted by molar-refractivity contribution is -0.113. The third-order valence-electron chi connectivity index (χ3n) is 5.08. The highest BCUT2D eigenvalue weighted by Gasteiger charge is 2.25. The summed E-state index contributed by atoms with van der Waals surface area (Å²) in [5.74, 6) is 0.0918. The highest BCUT2D eigenvalue weighted by atomic mass is 35.5. The summed E-state index contributed by atoms with van der Waals surface area (Å²) in [6.07, 6.45) is 6.97. The van der Waals surface area contributed by atoms with Crippen molar-refractivity contribution in [2.45, 2.75) is 43.3 Å². The number of hydrogen-bond acceptors (Lipinski definition) is 5. The van der Waals surface area contributed by atoms with Gasteiger partial charge in [0.25, 0.3) is 0 Å². The van der Waals surface area contributed by atoms with Gasteiger partial charge in [-0.05, 0) is 37.1 Å². The van der Waals surface area contributed by atoms with Gasteiger partial charge in [0.2, 0.25) is 5.91 Å². The van der Waals surface area contributed by atoms with Crippen LogP contribution < -0.4 is 5.32 Å². The first-order valence-electron chi connectivity index (χ1n) is 9.86. The molecule has 4 rings (SSSR count). The molecule has 9 heteroatoms. The van der Waals surface area contributed by atoms with Crippen LogP contribution in [0.5, 0.6) is 0 Å². The average Bonchev–Trinajstić information content (AvgIpc) is 3.18. The Balaban J connectivity index is 1.56. The summed E-state index contributed by atoms with van der Waals surface area (Å²) < 4.78 is 16.5. The van der Waals surface area contributed by atoms with Gasteiger partial charge in [0.15, 0.2) is 16.1 Å². The number of nitrogens with one attached hydrogen (secondary N) is 1. The van der Waals surface area contributed by atoms with E-state index in [-0.39, 0.29) is 28.7 Å². The normalized spacial score (nSPS) is 14.6. The van der Waals surface area contributed by atoms with Crippen LogP contribution in [0, 0.1) is 5.82 Å². The highest BCUT2D eigenvalue weighted by Crippen LogP contribution is 2.36. The van der Waals surface area contributed by atoms with Crippen molar-refractivity contribution >= 4 is 35.0 Å². The predicted octanol–water partition coefficient (Wildman–Crippen LogP) is 5.37. The maximum atomic E-state index is 14.5. The van der Waals surface area contributed by atoms with E-state index in [4.69, 9.17) is 11.6 Å². The molecule has 0 atom stereocenters. The molecule has 1 fully saturated rings. The molecule has 1 amide bonds. The summed E-state index contributed by atoms with van der Waals surface area (Å²) >= 11 is 7.29. The zero-order valence-corrected chi connectivity index (χ0v) is 17.8. The summed E-state index contributed by atoms with van der Waals surface area (Å²) in [4.78, 5) is 16.4. The SMILES string of the molecule is O=C(CSc1nnc(-c2ccccc2F)n1C1CCCCC1)Nc1cccnc1Cl. The number of thioether (sulfide) groups is 1. The standard InChI is InChI=1S/C21H21ClFN5OS/c22-19-17(11-6-12-24-19)25-18(29)13-30-21-27-26-20(15-9-4-5-10-16(15)23)28(21)14-7-2-1-3-8-14/h4-6,9-12,14H,1-3,7-8,13H2,(H,25,29). The minimum atomic E-state index is -0.331. The van der Waals surface area contributed by atoms with Gasteiger partial charge in [0, 0.05) is 12.2 Å². The molecule has 156 valence electrons. The Bertz CT molecular complexity index is 1040. The molecule has 3 aromatic rings. The van der Waals surface area contributed by atoms with E-state index in [1.165, 1.54) is 24.2 Å². The molecule has 1 aliphatic rings. The lowest BCUT2D eigenvalue weighted by Crippen LogP contribution is -2.17. The highest BCUT2D eigenvalue weighted by molar-refractivity contribution is 7.99. The Morgan fingerprint density at radius 1 is 1.17 bits per heavy atom. The lowest BCUT2D eigenvalue weighted by atomic mass is 9.95. The summed E-state index contributed by atoms with van der Waals surface area (Å²) in [5, 5.41) is 12.2. The van der Waals surface area contributed by atoms with Gasteiger partial charge in [-0.3, -0.25) is 9.36 Å². The number of benzene rings is 1. The molecular formula is C21H21ClFN5OS. The van der Waals surface area contributed by atoms with E-state index in [1.807, 2.05) is 4.57 Å². The zero-order valence-electron chi connectivity index (χ0n) is 16.2. The van der Waals surface area contributed by atoms with E-state index in [0.717, 1.165) is 25.7 Å². The molecule has 2 aromatic heterocycles. The number of hydrogen-bond donors (Lipinski definition) is 1. The molecule has 1 aromatic carbocycles. The van der Waals surface area contributed by atoms with Crippen molar-refractivity contribution in [3.05, 3.63) is 53.6 Å². The fourth-order valence-corrected chi connectivity index (χ4v) is 4.64. The van der Waals surface area contributed by atoms with Crippen LogP contribution in [0.15, 0.2) is 47.8 Å². The molecule has 0 spiro atoms. The maximum absolute atomic E-state index is 14.5. The van der Waals surface area contributed by atoms with Crippen molar-refractivity contribution in [3.63, 3.8) is 0 Å². The smallest absolute Gasteiger partial charge is 0.234 e. The first-order valence-corrected chi connectivity index (χ1v) is 11.2. The molecule has 0 saturated heterocycles. The van der Waals surface area contributed by atoms with Crippen molar-refractivity contribution in [3.8, 4) is 11.4 Å². The van der Waals surface area contributed by atoms with Gasteiger partial charge in [-0.15, -0.1) is 10.2 Å². The van der Waals surface area contributed by atoms with Crippen LogP contribution in [-0.4, -0.2) is 31.4 Å². The van der Waals surface area contributed by atoms with E-state index in [1.54, 1.807) is 36.5 Å². The van der Waals surface area contributed by atoms with E-state index < -0.39 is 0 Å². The van der Waals surface area contributed by atoms with Crippen molar-refractivity contribution in [2.24, 2.45) is 0 Å². The van der Waals surface area contributed by atoms with E-state index in [2.05, 4.69) is 20.5 Å². The summed E-state index contributed by atoms with van der Waals surface area (Å²) in [7, 11) is 0. The molecule has 0 bridgehead atoms. The molecular weight excluding hydrogens is 425 g/mol. The number of amides is 1. The maximum Gasteiger partial charge on any atom is 0.234 e. The van der Waals surface area contributed by atoms with E-state index in [0.29, 0.717) is 22.2 Å². The van der Waals surface area contributed by atoms with Gasteiger partial charge in [-0.25, -0.2) is 9.37 Å². The van der Waals surface area contributed by atoms with Crippen LogP contribution in [0.2, 0.25) is 5.15 Å². The minimum Gasteiger partial charge on any atom is -0.323 e. The number of carbonyl (C=O) groups is 1. The van der Waals surface area contributed by atoms with Gasteiger partial charge in [0.1, 0.15) is 5.82 Å². The van der Waals surface area contributed by atoms with Crippen LogP contribution in [0.25, 0.3) is 11.4 Å². The van der Waals surface area contributed by atoms with Crippen molar-refractivity contribution in [2.75, 3.05) is 11.1 Å². The third kappa shape index (κ3) is 4.65. The van der Waals surface area contributed by atoms with Gasteiger partial charge >= 0.3 is 0 Å². The number of pyridine rings is 1. The molecule has 1 aliphatic carbocycles. The second-order valence-corrected chi connectivity index (χ2v) is 8.43. The molecule has 0 aliphatic heterocycles. The number of aromatic nitrogens is 4. The van der Waals surface area contributed by atoms with Crippen LogP contribution in [0.1, 0.15) is 38.1 Å². The zero-order chi connectivity index (χ0) is 20.9. The molecule has 0 unspecified atom stereocenters. The molecule has 1 saturated carbocycles. The minimum absolute atomic E-state index is 0.132. The van der Waals surface area contributed by atoms with Gasteiger partial charge < -0.3 is 5.32 Å².